The van der Waals surface area contributed by atoms with Crippen molar-refractivity contribution < 1.29 is 9.53 Å². The third-order valence-electron chi connectivity index (χ3n) is 4.35. The summed E-state index contributed by atoms with van der Waals surface area (Å²) in [5, 5.41) is 6.47. The zero-order chi connectivity index (χ0) is 14.7. The number of fused-ring (bicyclic) bond motifs is 1. The Morgan fingerprint density at radius 3 is 3.24 bits per heavy atom. The maximum atomic E-state index is 11.5. The van der Waals surface area contributed by atoms with Gasteiger partial charge in [0.15, 0.2) is 5.13 Å². The number of nitrogens with one attached hydrogen (secondary N) is 1. The van der Waals surface area contributed by atoms with Crippen LogP contribution in [0.2, 0.25) is 0 Å². The first-order valence-corrected chi connectivity index (χ1v) is 8.75. The van der Waals surface area contributed by atoms with E-state index in [0.717, 1.165) is 10.8 Å². The SMILES string of the molecule is CCOC(=O)Cc1csc(NC2CCN3CCCCC23)n1. The topological polar surface area (TPSA) is 54.5 Å². The Morgan fingerprint density at radius 1 is 1.48 bits per heavy atom. The van der Waals surface area contributed by atoms with Crippen molar-refractivity contribution in [2.24, 2.45) is 0 Å². The first-order valence-electron chi connectivity index (χ1n) is 7.87. The number of ether oxygens (including phenoxy) is 1. The molecule has 0 spiro atoms. The second-order valence-corrected chi connectivity index (χ2v) is 6.62. The average Bonchev–Trinajstić information content (AvgIpc) is 3.07. The van der Waals surface area contributed by atoms with E-state index in [2.05, 4.69) is 15.2 Å². The number of anilines is 1. The van der Waals surface area contributed by atoms with E-state index < -0.39 is 0 Å². The molecule has 21 heavy (non-hydrogen) atoms. The van der Waals surface area contributed by atoms with Gasteiger partial charge >= 0.3 is 5.97 Å². The summed E-state index contributed by atoms with van der Waals surface area (Å²) in [6.07, 6.45) is 5.43. The number of piperidine rings is 1. The minimum atomic E-state index is -0.200. The van der Waals surface area contributed by atoms with Crippen molar-refractivity contribution in [2.45, 2.75) is 51.1 Å². The zero-order valence-electron chi connectivity index (χ0n) is 12.5. The maximum Gasteiger partial charge on any atom is 0.311 e. The van der Waals surface area contributed by atoms with Crippen LogP contribution in [-0.2, 0) is 16.0 Å². The van der Waals surface area contributed by atoms with Crippen LogP contribution in [0.4, 0.5) is 5.13 Å². The number of hydrogen-bond acceptors (Lipinski definition) is 6. The van der Waals surface area contributed by atoms with Gasteiger partial charge in [-0.15, -0.1) is 11.3 Å². The lowest BCUT2D eigenvalue weighted by Gasteiger charge is -2.32. The highest BCUT2D eigenvalue weighted by atomic mass is 32.1. The van der Waals surface area contributed by atoms with Gasteiger partial charge in [0.05, 0.1) is 18.7 Å². The summed E-state index contributed by atoms with van der Waals surface area (Å²) >= 11 is 1.59. The number of hydrogen-bond donors (Lipinski definition) is 1. The summed E-state index contributed by atoms with van der Waals surface area (Å²) in [5.41, 5.74) is 0.805. The summed E-state index contributed by atoms with van der Waals surface area (Å²) < 4.78 is 4.96. The smallest absolute Gasteiger partial charge is 0.311 e. The van der Waals surface area contributed by atoms with Crippen molar-refractivity contribution in [1.82, 2.24) is 9.88 Å². The Balaban J connectivity index is 1.56. The molecule has 2 unspecified atom stereocenters. The quantitative estimate of drug-likeness (QED) is 0.846. The first kappa shape index (κ1) is 14.8. The van der Waals surface area contributed by atoms with E-state index in [1.165, 1.54) is 38.8 Å². The van der Waals surface area contributed by atoms with Crippen molar-refractivity contribution >= 4 is 22.4 Å². The number of esters is 1. The third-order valence-corrected chi connectivity index (χ3v) is 5.17. The fraction of sp³-hybridized carbons (Fsp3) is 0.733. The highest BCUT2D eigenvalue weighted by molar-refractivity contribution is 7.13. The average molecular weight is 309 g/mol. The van der Waals surface area contributed by atoms with Crippen LogP contribution >= 0.6 is 11.3 Å². The van der Waals surface area contributed by atoms with E-state index in [9.17, 15) is 4.79 Å². The lowest BCUT2D eigenvalue weighted by Crippen LogP contribution is -2.41. The fourth-order valence-corrected chi connectivity index (χ4v) is 4.16. The molecule has 1 aromatic heterocycles. The number of rotatable bonds is 5. The molecule has 0 aliphatic carbocycles. The largest absolute Gasteiger partial charge is 0.466 e. The van der Waals surface area contributed by atoms with Crippen molar-refractivity contribution in [1.29, 1.82) is 0 Å². The van der Waals surface area contributed by atoms with Gasteiger partial charge in [0.2, 0.25) is 0 Å². The molecule has 2 saturated heterocycles. The lowest BCUT2D eigenvalue weighted by atomic mass is 9.99. The second-order valence-electron chi connectivity index (χ2n) is 5.76. The van der Waals surface area contributed by atoms with Gasteiger partial charge in [-0.05, 0) is 32.7 Å². The van der Waals surface area contributed by atoms with Crippen LogP contribution in [0.15, 0.2) is 5.38 Å². The number of nitrogens with zero attached hydrogens (tertiary/aromatic N) is 2. The summed E-state index contributed by atoms with van der Waals surface area (Å²) in [5.74, 6) is -0.200. The standard InChI is InChI=1S/C15H23N3O2S/c1-2-20-14(19)9-11-10-21-15(16-11)17-12-6-8-18-7-4-3-5-13(12)18/h10,12-13H,2-9H2,1H3,(H,16,17). The van der Waals surface area contributed by atoms with Crippen molar-refractivity contribution in [2.75, 3.05) is 25.0 Å². The summed E-state index contributed by atoms with van der Waals surface area (Å²) in [7, 11) is 0. The van der Waals surface area contributed by atoms with E-state index in [-0.39, 0.29) is 12.4 Å². The summed E-state index contributed by atoms with van der Waals surface area (Å²) in [6.45, 7) is 4.69. The van der Waals surface area contributed by atoms with E-state index in [1.807, 2.05) is 12.3 Å². The molecule has 0 radical (unpaired) electrons. The Bertz CT molecular complexity index is 491. The van der Waals surface area contributed by atoms with E-state index >= 15 is 0 Å². The molecule has 5 nitrogen and oxygen atoms in total. The maximum absolute atomic E-state index is 11.5. The Labute approximate surface area is 129 Å². The third kappa shape index (κ3) is 3.55. The molecule has 2 fully saturated rings. The monoisotopic (exact) mass is 309 g/mol. The summed E-state index contributed by atoms with van der Waals surface area (Å²) in [6, 6.07) is 1.17. The lowest BCUT2D eigenvalue weighted by molar-refractivity contribution is -0.142. The molecule has 3 heterocycles. The number of aromatic nitrogens is 1. The molecule has 0 amide bonds. The predicted molar refractivity (Wildman–Crippen MR) is 83.7 cm³/mol. The zero-order valence-corrected chi connectivity index (χ0v) is 13.3. The van der Waals surface area contributed by atoms with Crippen LogP contribution in [0.5, 0.6) is 0 Å². The van der Waals surface area contributed by atoms with Gasteiger partial charge in [-0.25, -0.2) is 4.98 Å². The molecule has 2 aliphatic heterocycles. The minimum absolute atomic E-state index is 0.200. The second kappa shape index (κ2) is 6.75. The van der Waals surface area contributed by atoms with Gasteiger partial charge in [0, 0.05) is 24.0 Å². The van der Waals surface area contributed by atoms with Crippen LogP contribution in [0.1, 0.15) is 38.3 Å². The van der Waals surface area contributed by atoms with Crippen LogP contribution < -0.4 is 5.32 Å². The van der Waals surface area contributed by atoms with Crippen molar-refractivity contribution in [3.05, 3.63) is 11.1 Å². The molecule has 2 atom stereocenters. The number of carbonyl (C=O) groups is 1. The molecule has 1 aromatic rings. The molecule has 0 saturated carbocycles. The molecule has 2 aliphatic rings. The molecule has 1 N–H and O–H groups in total. The molecule has 0 aromatic carbocycles. The van der Waals surface area contributed by atoms with Crippen LogP contribution in [-0.4, -0.2) is 47.6 Å². The highest BCUT2D eigenvalue weighted by Gasteiger charge is 2.35. The van der Waals surface area contributed by atoms with E-state index in [1.54, 1.807) is 11.3 Å². The van der Waals surface area contributed by atoms with E-state index in [0.29, 0.717) is 18.7 Å². The van der Waals surface area contributed by atoms with Crippen molar-refractivity contribution in [3.8, 4) is 0 Å². The van der Waals surface area contributed by atoms with Crippen LogP contribution in [0, 0.1) is 0 Å². The van der Waals surface area contributed by atoms with Gasteiger partial charge in [-0.2, -0.15) is 0 Å². The van der Waals surface area contributed by atoms with Crippen LogP contribution in [0.25, 0.3) is 0 Å². The van der Waals surface area contributed by atoms with Gasteiger partial charge in [-0.1, -0.05) is 6.42 Å². The fourth-order valence-electron chi connectivity index (χ4n) is 3.39. The first-order chi connectivity index (χ1) is 10.3. The Hall–Kier alpha value is -1.14. The number of thiazole rings is 1. The molecule has 116 valence electrons. The molecular weight excluding hydrogens is 286 g/mol. The molecule has 3 rings (SSSR count). The highest BCUT2D eigenvalue weighted by Crippen LogP contribution is 2.30. The molecular formula is C15H23N3O2S. The summed E-state index contributed by atoms with van der Waals surface area (Å²) in [4.78, 5) is 18.6. The van der Waals surface area contributed by atoms with Gasteiger partial charge in [-0.3, -0.25) is 9.69 Å². The Morgan fingerprint density at radius 2 is 2.38 bits per heavy atom. The van der Waals surface area contributed by atoms with Gasteiger partial charge < -0.3 is 10.1 Å². The van der Waals surface area contributed by atoms with Gasteiger partial charge in [0.25, 0.3) is 0 Å². The van der Waals surface area contributed by atoms with E-state index in [4.69, 9.17) is 4.74 Å². The van der Waals surface area contributed by atoms with Gasteiger partial charge in [0.1, 0.15) is 0 Å². The molecule has 0 bridgehead atoms. The van der Waals surface area contributed by atoms with Crippen molar-refractivity contribution in [3.63, 3.8) is 0 Å². The Kier molecular flexibility index (Phi) is 4.75. The van der Waals surface area contributed by atoms with Crippen LogP contribution in [0.3, 0.4) is 0 Å². The number of carbonyl (C=O) groups excluding carboxylic acids is 1. The molecule has 6 heteroatoms. The normalized spacial score (nSPS) is 25.6. The minimum Gasteiger partial charge on any atom is -0.466 e. The predicted octanol–water partition coefficient (Wildman–Crippen LogP) is 2.29.